The number of amides is 1. The van der Waals surface area contributed by atoms with Crippen molar-refractivity contribution in [2.24, 2.45) is 5.92 Å². The van der Waals surface area contributed by atoms with Crippen LogP contribution in [0.1, 0.15) is 12.0 Å². The van der Waals surface area contributed by atoms with E-state index in [2.05, 4.69) is 15.0 Å². The molecule has 0 radical (unpaired) electrons. The predicted octanol–water partition coefficient (Wildman–Crippen LogP) is 3.27. The zero-order valence-corrected chi connectivity index (χ0v) is 14.0. The van der Waals surface area contributed by atoms with Crippen molar-refractivity contribution in [1.29, 1.82) is 0 Å². The number of aromatic nitrogens is 3. The van der Waals surface area contributed by atoms with Crippen molar-refractivity contribution in [2.45, 2.75) is 12.8 Å². The van der Waals surface area contributed by atoms with Crippen LogP contribution in [-0.2, 0) is 11.2 Å². The average Bonchev–Trinajstić information content (AvgIpc) is 3.05. The Bertz CT molecular complexity index is 897. The summed E-state index contributed by atoms with van der Waals surface area (Å²) in [5.74, 6) is -0.539. The van der Waals surface area contributed by atoms with Gasteiger partial charge in [0.1, 0.15) is 0 Å². The lowest BCUT2D eigenvalue weighted by Crippen LogP contribution is -2.27. The van der Waals surface area contributed by atoms with Crippen molar-refractivity contribution in [3.8, 4) is 11.3 Å². The number of hydrogen-bond acceptors (Lipinski definition) is 4. The van der Waals surface area contributed by atoms with Gasteiger partial charge >= 0.3 is 0 Å². The first-order valence-electron chi connectivity index (χ1n) is 8.49. The van der Waals surface area contributed by atoms with Crippen LogP contribution in [0.15, 0.2) is 61.2 Å². The fraction of sp³-hybridized carbons (Fsp3) is 0.200. The van der Waals surface area contributed by atoms with Crippen LogP contribution in [-0.4, -0.2) is 27.4 Å². The lowest BCUT2D eigenvalue weighted by Gasteiger charge is -2.17. The van der Waals surface area contributed by atoms with Crippen LogP contribution in [0.25, 0.3) is 11.3 Å². The standard InChI is InChI=1S/C20H17FN4O/c21-19-4-1-14(12-24-19)11-16-7-10-25(20(16)26)17-2-3-18(23-13-17)15-5-8-22-9-6-15/h1-6,8-9,12-13,16H,7,10-11H2. The SMILES string of the molecule is O=C1C(Cc2ccc(F)nc2)CCN1c1ccc(-c2ccncc2)nc1. The Labute approximate surface area is 150 Å². The second kappa shape index (κ2) is 7.00. The molecule has 1 atom stereocenters. The molecular formula is C20H17FN4O. The topological polar surface area (TPSA) is 59.0 Å². The van der Waals surface area contributed by atoms with E-state index in [-0.39, 0.29) is 11.8 Å². The minimum absolute atomic E-state index is 0.0767. The third kappa shape index (κ3) is 3.31. The van der Waals surface area contributed by atoms with Gasteiger partial charge in [0.2, 0.25) is 11.9 Å². The highest BCUT2D eigenvalue weighted by Gasteiger charge is 2.32. The summed E-state index contributed by atoms with van der Waals surface area (Å²) in [6.07, 6.45) is 8.02. The lowest BCUT2D eigenvalue weighted by atomic mass is 9.99. The van der Waals surface area contributed by atoms with E-state index in [1.165, 1.54) is 12.3 Å². The van der Waals surface area contributed by atoms with E-state index < -0.39 is 5.95 Å². The number of anilines is 1. The molecule has 1 saturated heterocycles. The Kier molecular flexibility index (Phi) is 4.39. The molecule has 26 heavy (non-hydrogen) atoms. The summed E-state index contributed by atoms with van der Waals surface area (Å²) in [4.78, 5) is 26.6. The quantitative estimate of drug-likeness (QED) is 0.679. The van der Waals surface area contributed by atoms with E-state index in [0.717, 1.165) is 28.9 Å². The van der Waals surface area contributed by atoms with Crippen LogP contribution < -0.4 is 4.90 Å². The minimum Gasteiger partial charge on any atom is -0.311 e. The first kappa shape index (κ1) is 16.3. The maximum Gasteiger partial charge on any atom is 0.230 e. The molecular weight excluding hydrogens is 331 g/mol. The molecule has 1 amide bonds. The monoisotopic (exact) mass is 348 g/mol. The molecule has 3 aromatic rings. The van der Waals surface area contributed by atoms with E-state index in [1.807, 2.05) is 24.3 Å². The molecule has 1 fully saturated rings. The molecule has 4 heterocycles. The Balaban J connectivity index is 1.47. The number of halogens is 1. The smallest absolute Gasteiger partial charge is 0.230 e. The zero-order valence-electron chi connectivity index (χ0n) is 14.0. The Morgan fingerprint density at radius 2 is 1.88 bits per heavy atom. The summed E-state index contributed by atoms with van der Waals surface area (Å²) < 4.78 is 12.9. The van der Waals surface area contributed by atoms with Gasteiger partial charge in [0.15, 0.2) is 0 Å². The minimum atomic E-state index is -0.506. The maximum atomic E-state index is 12.9. The number of nitrogens with zero attached hydrogens (tertiary/aromatic N) is 4. The summed E-state index contributed by atoms with van der Waals surface area (Å²) in [5, 5.41) is 0. The van der Waals surface area contributed by atoms with Crippen LogP contribution in [0, 0.1) is 11.9 Å². The number of hydrogen-bond donors (Lipinski definition) is 0. The fourth-order valence-electron chi connectivity index (χ4n) is 3.24. The van der Waals surface area contributed by atoms with Gasteiger partial charge < -0.3 is 4.90 Å². The van der Waals surface area contributed by atoms with Crippen molar-refractivity contribution in [2.75, 3.05) is 11.4 Å². The van der Waals surface area contributed by atoms with Crippen LogP contribution in [0.3, 0.4) is 0 Å². The molecule has 4 rings (SSSR count). The van der Waals surface area contributed by atoms with E-state index in [4.69, 9.17) is 0 Å². The fourth-order valence-corrected chi connectivity index (χ4v) is 3.24. The average molecular weight is 348 g/mol. The van der Waals surface area contributed by atoms with Gasteiger partial charge in [0, 0.05) is 36.6 Å². The molecule has 6 heteroatoms. The van der Waals surface area contributed by atoms with E-state index in [1.54, 1.807) is 29.6 Å². The summed E-state index contributed by atoms with van der Waals surface area (Å²) in [7, 11) is 0. The molecule has 130 valence electrons. The lowest BCUT2D eigenvalue weighted by molar-refractivity contribution is -0.120. The molecule has 0 aliphatic carbocycles. The maximum absolute atomic E-state index is 12.9. The molecule has 1 unspecified atom stereocenters. The van der Waals surface area contributed by atoms with E-state index in [0.29, 0.717) is 13.0 Å². The molecule has 0 saturated carbocycles. The second-order valence-corrected chi connectivity index (χ2v) is 6.31. The van der Waals surface area contributed by atoms with E-state index >= 15 is 0 Å². The highest BCUT2D eigenvalue weighted by Crippen LogP contribution is 2.28. The molecule has 3 aromatic heterocycles. The highest BCUT2D eigenvalue weighted by molar-refractivity contribution is 5.97. The summed E-state index contributed by atoms with van der Waals surface area (Å²) in [6.45, 7) is 0.661. The third-order valence-electron chi connectivity index (χ3n) is 4.62. The van der Waals surface area contributed by atoms with Gasteiger partial charge in [-0.1, -0.05) is 6.07 Å². The second-order valence-electron chi connectivity index (χ2n) is 6.31. The Morgan fingerprint density at radius 3 is 2.58 bits per heavy atom. The normalized spacial score (nSPS) is 16.9. The van der Waals surface area contributed by atoms with Crippen molar-refractivity contribution in [3.05, 3.63) is 72.7 Å². The molecule has 0 aromatic carbocycles. The van der Waals surface area contributed by atoms with Crippen molar-refractivity contribution in [3.63, 3.8) is 0 Å². The van der Waals surface area contributed by atoms with Crippen LogP contribution in [0.4, 0.5) is 10.1 Å². The predicted molar refractivity (Wildman–Crippen MR) is 95.8 cm³/mol. The van der Waals surface area contributed by atoms with Crippen LogP contribution >= 0.6 is 0 Å². The Morgan fingerprint density at radius 1 is 1.04 bits per heavy atom. The summed E-state index contributed by atoms with van der Waals surface area (Å²) in [5.41, 5.74) is 3.50. The largest absolute Gasteiger partial charge is 0.311 e. The first-order chi connectivity index (χ1) is 12.7. The molecule has 0 N–H and O–H groups in total. The highest BCUT2D eigenvalue weighted by atomic mass is 19.1. The van der Waals surface area contributed by atoms with Gasteiger partial charge in [-0.2, -0.15) is 4.39 Å². The first-order valence-corrected chi connectivity index (χ1v) is 8.49. The van der Waals surface area contributed by atoms with Gasteiger partial charge in [0.05, 0.1) is 17.6 Å². The van der Waals surface area contributed by atoms with Gasteiger partial charge in [-0.05, 0) is 48.7 Å². The number of rotatable bonds is 4. The zero-order chi connectivity index (χ0) is 17.9. The van der Waals surface area contributed by atoms with Crippen molar-refractivity contribution in [1.82, 2.24) is 15.0 Å². The van der Waals surface area contributed by atoms with Gasteiger partial charge in [0.25, 0.3) is 0 Å². The third-order valence-corrected chi connectivity index (χ3v) is 4.62. The molecule has 1 aliphatic heterocycles. The molecule has 1 aliphatic rings. The van der Waals surface area contributed by atoms with Crippen molar-refractivity contribution >= 4 is 11.6 Å². The van der Waals surface area contributed by atoms with E-state index in [9.17, 15) is 9.18 Å². The number of carbonyl (C=O) groups excluding carboxylic acids is 1. The molecule has 0 spiro atoms. The Hall–Kier alpha value is -3.15. The van der Waals surface area contributed by atoms with Crippen molar-refractivity contribution < 1.29 is 9.18 Å². The molecule has 5 nitrogen and oxygen atoms in total. The number of carbonyl (C=O) groups is 1. The van der Waals surface area contributed by atoms with Gasteiger partial charge in [-0.15, -0.1) is 0 Å². The van der Waals surface area contributed by atoms with Gasteiger partial charge in [-0.25, -0.2) is 4.98 Å². The van der Waals surface area contributed by atoms with Crippen LogP contribution in [0.5, 0.6) is 0 Å². The number of pyridine rings is 3. The van der Waals surface area contributed by atoms with Crippen LogP contribution in [0.2, 0.25) is 0 Å². The van der Waals surface area contributed by atoms with Gasteiger partial charge in [-0.3, -0.25) is 14.8 Å². The summed E-state index contributed by atoms with van der Waals surface area (Å²) in [6, 6.07) is 10.6. The molecule has 0 bridgehead atoms. The summed E-state index contributed by atoms with van der Waals surface area (Å²) >= 11 is 0.